The average Bonchev–Trinajstić information content (AvgIpc) is 2.86. The van der Waals surface area contributed by atoms with Crippen LogP contribution in [0.15, 0.2) is 95.3 Å². The Bertz CT molecular complexity index is 1390. The number of non-ortho nitro benzene ring substituents is 1. The summed E-state index contributed by atoms with van der Waals surface area (Å²) in [4.78, 5) is 38.5. The van der Waals surface area contributed by atoms with E-state index in [2.05, 4.69) is 16.0 Å². The fourth-order valence-electron chi connectivity index (χ4n) is 4.55. The van der Waals surface area contributed by atoms with Gasteiger partial charge >= 0.3 is 0 Å². The van der Waals surface area contributed by atoms with Crippen LogP contribution in [0.4, 0.5) is 17.1 Å². The number of rotatable bonds is 6. The molecule has 8 nitrogen and oxygen atoms in total. The molecule has 1 aliphatic rings. The summed E-state index contributed by atoms with van der Waals surface area (Å²) in [6.07, 6.45) is 0. The van der Waals surface area contributed by atoms with Crippen LogP contribution in [0.25, 0.3) is 0 Å². The fourth-order valence-corrected chi connectivity index (χ4v) is 4.55. The summed E-state index contributed by atoms with van der Waals surface area (Å²) >= 11 is 0. The molecule has 0 aliphatic carbocycles. The number of nitro groups is 1. The molecule has 4 rings (SSSR count). The van der Waals surface area contributed by atoms with Gasteiger partial charge in [-0.05, 0) is 56.5 Å². The smallest absolute Gasteiger partial charge is 0.269 e. The highest BCUT2D eigenvalue weighted by Crippen LogP contribution is 2.40. The summed E-state index contributed by atoms with van der Waals surface area (Å²) in [5.74, 6) is -1.64. The van der Waals surface area contributed by atoms with Crippen LogP contribution in [0, 0.1) is 24.0 Å². The number of para-hydroxylation sites is 2. The van der Waals surface area contributed by atoms with E-state index in [0.29, 0.717) is 39.5 Å². The first-order valence-electron chi connectivity index (χ1n) is 11.8. The molecule has 2 amide bonds. The molecule has 0 fully saturated rings. The molecule has 0 radical (unpaired) electrons. The molecule has 37 heavy (non-hydrogen) atoms. The van der Waals surface area contributed by atoms with Gasteiger partial charge in [0.2, 0.25) is 0 Å². The second kappa shape index (κ2) is 10.5. The minimum atomic E-state index is -0.839. The summed E-state index contributed by atoms with van der Waals surface area (Å²) in [5, 5.41) is 20.7. The SMILES string of the molecule is CC1=C(C(=O)Nc2ccccc2C)C(c2cccc([N+](=O)[O-])c2)C(C(=O)Nc2ccccc2C)=C(C)N1. The molecule has 0 saturated heterocycles. The Morgan fingerprint density at radius 3 is 1.70 bits per heavy atom. The highest BCUT2D eigenvalue weighted by molar-refractivity contribution is 6.12. The van der Waals surface area contributed by atoms with E-state index < -0.39 is 22.7 Å². The first-order chi connectivity index (χ1) is 17.7. The zero-order valence-electron chi connectivity index (χ0n) is 21.1. The standard InChI is InChI=1S/C29H28N4O4/c1-17-10-5-7-14-23(17)31-28(34)25-19(3)30-20(4)26(29(35)32-24-15-8-6-11-18(24)2)27(25)21-12-9-13-22(16-21)33(36)37/h5-16,27,30H,1-4H3,(H,31,34)(H,32,35). The minimum absolute atomic E-state index is 0.122. The number of hydrogen-bond acceptors (Lipinski definition) is 5. The third-order valence-corrected chi connectivity index (χ3v) is 6.45. The molecule has 8 heteroatoms. The van der Waals surface area contributed by atoms with Crippen molar-refractivity contribution in [1.82, 2.24) is 5.32 Å². The second-order valence-electron chi connectivity index (χ2n) is 9.03. The Labute approximate surface area is 215 Å². The van der Waals surface area contributed by atoms with Crippen LogP contribution in [0.2, 0.25) is 0 Å². The molecule has 0 spiro atoms. The van der Waals surface area contributed by atoms with Crippen molar-refractivity contribution in [1.29, 1.82) is 0 Å². The van der Waals surface area contributed by atoms with Gasteiger partial charge < -0.3 is 16.0 Å². The van der Waals surface area contributed by atoms with E-state index in [4.69, 9.17) is 0 Å². The number of carbonyl (C=O) groups excluding carboxylic acids is 2. The quantitative estimate of drug-likeness (QED) is 0.298. The van der Waals surface area contributed by atoms with Crippen molar-refractivity contribution in [2.75, 3.05) is 10.6 Å². The Hall–Kier alpha value is -4.72. The van der Waals surface area contributed by atoms with Crippen LogP contribution >= 0.6 is 0 Å². The molecule has 1 aliphatic heterocycles. The number of hydrogen-bond donors (Lipinski definition) is 3. The van der Waals surface area contributed by atoms with Gasteiger partial charge in [-0.25, -0.2) is 0 Å². The van der Waals surface area contributed by atoms with E-state index in [1.807, 2.05) is 50.2 Å². The molecule has 3 aromatic carbocycles. The number of nitro benzene ring substituents is 1. The van der Waals surface area contributed by atoms with E-state index in [1.165, 1.54) is 12.1 Å². The number of aryl methyl sites for hydroxylation is 2. The topological polar surface area (TPSA) is 113 Å². The van der Waals surface area contributed by atoms with Crippen molar-refractivity contribution >= 4 is 28.9 Å². The van der Waals surface area contributed by atoms with Gasteiger partial charge in [0.25, 0.3) is 17.5 Å². The number of nitrogens with zero attached hydrogens (tertiary/aromatic N) is 1. The number of carbonyl (C=O) groups is 2. The van der Waals surface area contributed by atoms with Crippen LogP contribution in [0.3, 0.4) is 0 Å². The third-order valence-electron chi connectivity index (χ3n) is 6.45. The van der Waals surface area contributed by atoms with Crippen molar-refractivity contribution in [3.8, 4) is 0 Å². The normalized spacial score (nSPS) is 13.7. The molecular weight excluding hydrogens is 468 g/mol. The maximum Gasteiger partial charge on any atom is 0.269 e. The zero-order valence-corrected chi connectivity index (χ0v) is 21.1. The van der Waals surface area contributed by atoms with E-state index in [1.54, 1.807) is 38.1 Å². The number of nitrogens with one attached hydrogen (secondary N) is 3. The number of anilines is 2. The van der Waals surface area contributed by atoms with Gasteiger partial charge in [-0.15, -0.1) is 0 Å². The van der Waals surface area contributed by atoms with Gasteiger partial charge in [0, 0.05) is 52.0 Å². The van der Waals surface area contributed by atoms with Gasteiger partial charge in [0.1, 0.15) is 0 Å². The Balaban J connectivity index is 1.82. The lowest BCUT2D eigenvalue weighted by atomic mass is 9.79. The predicted molar refractivity (Wildman–Crippen MR) is 144 cm³/mol. The molecule has 0 saturated carbocycles. The zero-order chi connectivity index (χ0) is 26.7. The lowest BCUT2D eigenvalue weighted by Gasteiger charge is -2.31. The first-order valence-corrected chi connectivity index (χ1v) is 11.8. The number of dihydropyridines is 1. The van der Waals surface area contributed by atoms with Crippen LogP contribution in [-0.4, -0.2) is 16.7 Å². The van der Waals surface area contributed by atoms with Crippen LogP contribution in [0.5, 0.6) is 0 Å². The van der Waals surface area contributed by atoms with Gasteiger partial charge in [-0.1, -0.05) is 48.5 Å². The Kier molecular flexibility index (Phi) is 7.20. The van der Waals surface area contributed by atoms with Crippen molar-refractivity contribution < 1.29 is 14.5 Å². The Morgan fingerprint density at radius 2 is 1.24 bits per heavy atom. The first kappa shape index (κ1) is 25.4. The highest BCUT2D eigenvalue weighted by Gasteiger charge is 2.37. The molecule has 0 unspecified atom stereocenters. The molecule has 1 heterocycles. The number of allylic oxidation sites excluding steroid dienone is 2. The highest BCUT2D eigenvalue weighted by atomic mass is 16.6. The summed E-state index contributed by atoms with van der Waals surface area (Å²) in [6, 6.07) is 20.9. The molecule has 0 aromatic heterocycles. The average molecular weight is 497 g/mol. The van der Waals surface area contributed by atoms with Crippen molar-refractivity contribution in [3.05, 3.63) is 122 Å². The van der Waals surface area contributed by atoms with Crippen molar-refractivity contribution in [2.24, 2.45) is 0 Å². The maximum atomic E-state index is 13.7. The number of amides is 2. The predicted octanol–water partition coefficient (Wildman–Crippen LogP) is 5.72. The molecule has 3 aromatic rings. The van der Waals surface area contributed by atoms with Crippen LogP contribution in [-0.2, 0) is 9.59 Å². The lowest BCUT2D eigenvalue weighted by Crippen LogP contribution is -2.35. The van der Waals surface area contributed by atoms with E-state index in [-0.39, 0.29) is 5.69 Å². The summed E-state index contributed by atoms with van der Waals surface area (Å²) < 4.78 is 0. The monoisotopic (exact) mass is 496 g/mol. The summed E-state index contributed by atoms with van der Waals surface area (Å²) in [6.45, 7) is 7.30. The molecule has 0 bridgehead atoms. The van der Waals surface area contributed by atoms with Crippen molar-refractivity contribution in [2.45, 2.75) is 33.6 Å². The number of benzene rings is 3. The van der Waals surface area contributed by atoms with Gasteiger partial charge in [0.05, 0.1) is 4.92 Å². The van der Waals surface area contributed by atoms with E-state index in [0.717, 1.165) is 11.1 Å². The molecule has 3 N–H and O–H groups in total. The second-order valence-corrected chi connectivity index (χ2v) is 9.03. The summed E-state index contributed by atoms with van der Waals surface area (Å²) in [7, 11) is 0. The van der Waals surface area contributed by atoms with Crippen molar-refractivity contribution in [3.63, 3.8) is 0 Å². The van der Waals surface area contributed by atoms with Crippen LogP contribution in [0.1, 0.15) is 36.5 Å². The third kappa shape index (κ3) is 5.28. The Morgan fingerprint density at radius 1 is 0.757 bits per heavy atom. The van der Waals surface area contributed by atoms with Gasteiger partial charge in [-0.3, -0.25) is 19.7 Å². The largest absolute Gasteiger partial charge is 0.362 e. The van der Waals surface area contributed by atoms with Gasteiger partial charge in [0.15, 0.2) is 0 Å². The fraction of sp³-hybridized carbons (Fsp3) is 0.172. The van der Waals surface area contributed by atoms with E-state index in [9.17, 15) is 19.7 Å². The van der Waals surface area contributed by atoms with E-state index >= 15 is 0 Å². The van der Waals surface area contributed by atoms with Crippen LogP contribution < -0.4 is 16.0 Å². The maximum absolute atomic E-state index is 13.7. The molecule has 188 valence electrons. The lowest BCUT2D eigenvalue weighted by molar-refractivity contribution is -0.384. The van der Waals surface area contributed by atoms with Gasteiger partial charge in [-0.2, -0.15) is 0 Å². The summed E-state index contributed by atoms with van der Waals surface area (Å²) in [5.41, 5.74) is 5.14. The minimum Gasteiger partial charge on any atom is -0.362 e. The molecular formula is C29H28N4O4. The molecule has 0 atom stereocenters.